The van der Waals surface area contributed by atoms with Crippen molar-refractivity contribution in [2.24, 2.45) is 0 Å². The van der Waals surface area contributed by atoms with Crippen molar-refractivity contribution in [1.29, 1.82) is 5.26 Å². The number of hydrogen-bond acceptors (Lipinski definition) is 7. The maximum atomic E-state index is 13.8. The Morgan fingerprint density at radius 3 is 2.77 bits per heavy atom. The highest BCUT2D eigenvalue weighted by Gasteiger charge is 2.30. The Morgan fingerprint density at radius 1 is 1.26 bits per heavy atom. The predicted molar refractivity (Wildman–Crippen MR) is 148 cm³/mol. The third-order valence-corrected chi connectivity index (χ3v) is 7.47. The molecule has 2 N–H and O–H groups in total. The minimum absolute atomic E-state index is 0.0868. The Hall–Kier alpha value is -3.74. The first-order valence-electron chi connectivity index (χ1n) is 13.5. The van der Waals surface area contributed by atoms with Gasteiger partial charge in [0.15, 0.2) is 0 Å². The van der Waals surface area contributed by atoms with Crippen LogP contribution in [0.5, 0.6) is 0 Å². The molecule has 0 radical (unpaired) electrons. The molecule has 2 aliphatic rings. The number of nitrogens with one attached hydrogen (secondary N) is 2. The van der Waals surface area contributed by atoms with Crippen molar-refractivity contribution in [2.75, 3.05) is 17.2 Å². The maximum Gasteiger partial charge on any atom is 0.123 e. The van der Waals surface area contributed by atoms with Crippen molar-refractivity contribution in [3.8, 4) is 6.07 Å². The van der Waals surface area contributed by atoms with Gasteiger partial charge < -0.3 is 15.4 Å². The summed E-state index contributed by atoms with van der Waals surface area (Å²) in [5.74, 6) is -0.399. The van der Waals surface area contributed by atoms with E-state index in [1.807, 2.05) is 6.07 Å². The SMILES string of the molecule is [2H]C(Nc1cc(Cl)c2ncc(C#N)c(NC3CCOC(C)(C)C3)c2c1)(c1ccc(F)cc1)c1cn(C2CC2)nn1. The quantitative estimate of drug-likeness (QED) is 0.277. The lowest BCUT2D eigenvalue weighted by atomic mass is 9.93. The van der Waals surface area contributed by atoms with Crippen LogP contribution in [-0.2, 0) is 4.74 Å². The molecule has 0 amide bonds. The molecule has 0 bridgehead atoms. The summed E-state index contributed by atoms with van der Waals surface area (Å²) < 4.78 is 31.0. The molecule has 2 aromatic carbocycles. The van der Waals surface area contributed by atoms with Gasteiger partial charge in [0.2, 0.25) is 0 Å². The van der Waals surface area contributed by atoms with E-state index in [4.69, 9.17) is 16.3 Å². The van der Waals surface area contributed by atoms with Crippen LogP contribution >= 0.6 is 11.6 Å². The summed E-state index contributed by atoms with van der Waals surface area (Å²) >= 11 is 6.74. The molecular formula is C29H29ClFN7O. The van der Waals surface area contributed by atoms with Gasteiger partial charge in [-0.15, -0.1) is 5.10 Å². The zero-order valence-electron chi connectivity index (χ0n) is 22.7. The second-order valence-corrected chi connectivity index (χ2v) is 11.2. The Bertz CT molecular complexity index is 1620. The largest absolute Gasteiger partial charge is 0.380 e. The van der Waals surface area contributed by atoms with Crippen LogP contribution in [0.15, 0.2) is 48.8 Å². The summed E-state index contributed by atoms with van der Waals surface area (Å²) in [6.07, 6.45) is 6.89. The van der Waals surface area contributed by atoms with Crippen molar-refractivity contribution < 1.29 is 10.5 Å². The Kier molecular flexibility index (Phi) is 6.30. The molecule has 3 heterocycles. The molecule has 10 heteroatoms. The molecule has 200 valence electrons. The zero-order chi connectivity index (χ0) is 28.1. The van der Waals surface area contributed by atoms with Gasteiger partial charge in [-0.05, 0) is 69.4 Å². The van der Waals surface area contributed by atoms with Crippen LogP contribution in [0.25, 0.3) is 10.9 Å². The van der Waals surface area contributed by atoms with Crippen molar-refractivity contribution in [3.05, 3.63) is 76.5 Å². The molecule has 2 atom stereocenters. The van der Waals surface area contributed by atoms with Gasteiger partial charge in [-0.1, -0.05) is 28.9 Å². The van der Waals surface area contributed by atoms with Crippen LogP contribution in [0.4, 0.5) is 15.8 Å². The minimum Gasteiger partial charge on any atom is -0.380 e. The molecule has 1 aliphatic heterocycles. The molecule has 2 fully saturated rings. The van der Waals surface area contributed by atoms with Crippen LogP contribution in [0.2, 0.25) is 5.02 Å². The molecule has 2 unspecified atom stereocenters. The third-order valence-electron chi connectivity index (χ3n) is 7.18. The smallest absolute Gasteiger partial charge is 0.123 e. The summed E-state index contributed by atoms with van der Waals surface area (Å²) in [7, 11) is 0. The molecular weight excluding hydrogens is 517 g/mol. The minimum atomic E-state index is -1.60. The van der Waals surface area contributed by atoms with Gasteiger partial charge >= 0.3 is 0 Å². The number of anilines is 2. The Balaban J connectivity index is 1.43. The highest BCUT2D eigenvalue weighted by molar-refractivity contribution is 6.35. The van der Waals surface area contributed by atoms with E-state index >= 15 is 0 Å². The molecule has 2 aromatic heterocycles. The molecule has 4 aromatic rings. The van der Waals surface area contributed by atoms with Crippen LogP contribution in [0.1, 0.15) is 69.8 Å². The van der Waals surface area contributed by atoms with Crippen LogP contribution < -0.4 is 10.6 Å². The van der Waals surface area contributed by atoms with E-state index in [1.165, 1.54) is 18.3 Å². The molecule has 1 saturated carbocycles. The second-order valence-electron chi connectivity index (χ2n) is 10.8. The Morgan fingerprint density at radius 2 is 2.05 bits per heavy atom. The fourth-order valence-corrected chi connectivity index (χ4v) is 5.35. The van der Waals surface area contributed by atoms with Crippen molar-refractivity contribution >= 4 is 33.9 Å². The molecule has 8 nitrogen and oxygen atoms in total. The summed E-state index contributed by atoms with van der Waals surface area (Å²) in [5, 5.41) is 26.4. The third kappa shape index (κ3) is 5.40. The summed E-state index contributed by atoms with van der Waals surface area (Å²) in [4.78, 5) is 4.47. The van der Waals surface area contributed by atoms with Crippen molar-refractivity contribution in [3.63, 3.8) is 0 Å². The van der Waals surface area contributed by atoms with Crippen molar-refractivity contribution in [1.82, 2.24) is 20.0 Å². The van der Waals surface area contributed by atoms with Crippen molar-refractivity contribution in [2.45, 2.75) is 63.2 Å². The van der Waals surface area contributed by atoms with Crippen LogP contribution in [-0.4, -0.2) is 38.2 Å². The van der Waals surface area contributed by atoms with Gasteiger partial charge in [-0.3, -0.25) is 4.98 Å². The molecule has 0 spiro atoms. The zero-order valence-corrected chi connectivity index (χ0v) is 22.5. The van der Waals surface area contributed by atoms with E-state index < -0.39 is 11.8 Å². The van der Waals surface area contributed by atoms with E-state index in [-0.39, 0.29) is 17.7 Å². The van der Waals surface area contributed by atoms with Gasteiger partial charge in [0.25, 0.3) is 0 Å². The normalized spacial score (nSPS) is 20.6. The lowest BCUT2D eigenvalue weighted by molar-refractivity contribution is -0.0553. The Labute approximate surface area is 232 Å². The monoisotopic (exact) mass is 546 g/mol. The van der Waals surface area contributed by atoms with Gasteiger partial charge in [0.05, 0.1) is 47.0 Å². The second kappa shape index (κ2) is 10.1. The number of halogens is 2. The fourth-order valence-electron chi connectivity index (χ4n) is 5.08. The average molecular weight is 547 g/mol. The lowest BCUT2D eigenvalue weighted by Crippen LogP contribution is -2.40. The molecule has 1 saturated heterocycles. The van der Waals surface area contributed by atoms with Gasteiger partial charge in [-0.2, -0.15) is 5.26 Å². The van der Waals surface area contributed by atoms with E-state index in [0.29, 0.717) is 50.7 Å². The number of pyridine rings is 1. The molecule has 6 rings (SSSR count). The topological polar surface area (TPSA) is 101 Å². The number of benzene rings is 2. The number of nitriles is 1. The van der Waals surface area contributed by atoms with Crippen LogP contribution in [0.3, 0.4) is 0 Å². The summed E-state index contributed by atoms with van der Waals surface area (Å²) in [6.45, 7) is 4.72. The average Bonchev–Trinajstić information content (AvgIpc) is 3.64. The molecule has 1 aliphatic carbocycles. The van der Waals surface area contributed by atoms with Crippen LogP contribution in [0, 0.1) is 17.1 Å². The highest BCUT2D eigenvalue weighted by Crippen LogP contribution is 2.38. The van der Waals surface area contributed by atoms with E-state index in [2.05, 4.69) is 45.8 Å². The summed E-state index contributed by atoms with van der Waals surface area (Å²) in [6, 6.07) is 10.3. The lowest BCUT2D eigenvalue weighted by Gasteiger charge is -2.36. The number of hydrogen-bond donors (Lipinski definition) is 2. The first kappa shape index (κ1) is 24.3. The standard InChI is InChI=1S/C29H29ClFN7O/c1-29(2)13-20(9-10-39-29)34-26-18(14-32)15-33-28-23(26)11-21(12-24(28)30)35-27(17-3-5-19(31)6-4-17)25-16-38(37-36-25)22-7-8-22/h3-6,11-12,15-16,20,22,27,35H,7-10,13H2,1-2H3,(H,33,34)/i27D. The van der Waals surface area contributed by atoms with Gasteiger partial charge in [0, 0.05) is 29.9 Å². The maximum absolute atomic E-state index is 13.8. The number of aromatic nitrogens is 4. The summed E-state index contributed by atoms with van der Waals surface area (Å²) in [5.41, 5.74) is 2.66. The molecule has 39 heavy (non-hydrogen) atoms. The number of rotatable bonds is 7. The van der Waals surface area contributed by atoms with Gasteiger partial charge in [0.1, 0.15) is 17.6 Å². The van der Waals surface area contributed by atoms with E-state index in [9.17, 15) is 11.0 Å². The van der Waals surface area contributed by atoms with E-state index in [1.54, 1.807) is 29.1 Å². The van der Waals surface area contributed by atoms with E-state index in [0.717, 1.165) is 25.7 Å². The number of fused-ring (bicyclic) bond motifs is 1. The fraction of sp³-hybridized carbons (Fsp3) is 0.379. The first-order chi connectivity index (χ1) is 19.1. The first-order valence-corrected chi connectivity index (χ1v) is 13.4. The highest BCUT2D eigenvalue weighted by atomic mass is 35.5. The number of nitrogens with zero attached hydrogens (tertiary/aromatic N) is 5. The number of ether oxygens (including phenoxy) is 1. The predicted octanol–water partition coefficient (Wildman–Crippen LogP) is 6.40. The van der Waals surface area contributed by atoms with Gasteiger partial charge in [-0.25, -0.2) is 9.07 Å².